The van der Waals surface area contributed by atoms with Crippen molar-refractivity contribution in [2.24, 2.45) is 5.92 Å². The van der Waals surface area contributed by atoms with E-state index in [4.69, 9.17) is 13.9 Å². The highest BCUT2D eigenvalue weighted by molar-refractivity contribution is 6.73. The molecule has 166 valence electrons. The van der Waals surface area contributed by atoms with Crippen molar-refractivity contribution in [2.45, 2.75) is 104 Å². The Bertz CT molecular complexity index is 413. The lowest BCUT2D eigenvalue weighted by Crippen LogP contribution is -2.41. The van der Waals surface area contributed by atoms with Crippen LogP contribution in [-0.2, 0) is 18.7 Å². The monoisotopic (exact) mass is 414 g/mol. The summed E-state index contributed by atoms with van der Waals surface area (Å²) in [4.78, 5) is 11.0. The summed E-state index contributed by atoms with van der Waals surface area (Å²) >= 11 is 0. The Kier molecular flexibility index (Phi) is 16.0. The number of aldehydes is 1. The van der Waals surface area contributed by atoms with Crippen molar-refractivity contribution in [3.8, 4) is 0 Å². The summed E-state index contributed by atoms with van der Waals surface area (Å²) in [6, 6.07) is 3.35. The lowest BCUT2D eigenvalue weighted by molar-refractivity contribution is -0.110. The normalized spacial score (nSPS) is 16.0. The van der Waals surface area contributed by atoms with Crippen LogP contribution in [0.1, 0.15) is 73.6 Å². The molecule has 0 aliphatic rings. The van der Waals surface area contributed by atoms with Gasteiger partial charge < -0.3 is 18.7 Å². The first kappa shape index (κ1) is 27.5. The second-order valence-electron chi connectivity index (χ2n) is 7.85. The van der Waals surface area contributed by atoms with Gasteiger partial charge in [-0.15, -0.1) is 0 Å². The minimum atomic E-state index is -1.76. The molecule has 0 rings (SSSR count). The number of carbonyl (C=O) groups is 1. The third kappa shape index (κ3) is 10.3. The van der Waals surface area contributed by atoms with Crippen LogP contribution in [0.4, 0.5) is 0 Å². The highest BCUT2D eigenvalue weighted by Gasteiger charge is 2.33. The van der Waals surface area contributed by atoms with Crippen LogP contribution >= 0.6 is 0 Å². The van der Waals surface area contributed by atoms with Gasteiger partial charge in [-0.3, -0.25) is 0 Å². The van der Waals surface area contributed by atoms with Crippen LogP contribution in [0.5, 0.6) is 0 Å². The van der Waals surface area contributed by atoms with Crippen LogP contribution in [0.2, 0.25) is 18.1 Å². The molecule has 5 heteroatoms. The molecular weight excluding hydrogens is 368 g/mol. The number of ether oxygens (including phenoxy) is 2. The third-order valence-corrected chi connectivity index (χ3v) is 10.7. The van der Waals surface area contributed by atoms with Gasteiger partial charge >= 0.3 is 0 Å². The number of rotatable bonds is 18. The van der Waals surface area contributed by atoms with E-state index >= 15 is 0 Å². The molecule has 0 aromatic carbocycles. The van der Waals surface area contributed by atoms with Crippen molar-refractivity contribution in [2.75, 3.05) is 20.3 Å². The summed E-state index contributed by atoms with van der Waals surface area (Å²) in [5, 5.41) is 0. The maximum absolute atomic E-state index is 11.0. The van der Waals surface area contributed by atoms with Crippen molar-refractivity contribution in [3.05, 3.63) is 11.6 Å². The van der Waals surface area contributed by atoms with Crippen LogP contribution in [0.25, 0.3) is 0 Å². The zero-order valence-corrected chi connectivity index (χ0v) is 20.6. The summed E-state index contributed by atoms with van der Waals surface area (Å²) in [6.45, 7) is 14.9. The first-order valence-electron chi connectivity index (χ1n) is 11.4. The molecular formula is C23H46O4Si. The van der Waals surface area contributed by atoms with Crippen LogP contribution in [-0.4, -0.2) is 47.1 Å². The fourth-order valence-electron chi connectivity index (χ4n) is 3.51. The molecule has 4 nitrogen and oxygen atoms in total. The minimum absolute atomic E-state index is 0.0149. The van der Waals surface area contributed by atoms with E-state index in [0.29, 0.717) is 12.3 Å². The Balaban J connectivity index is 5.39. The van der Waals surface area contributed by atoms with Gasteiger partial charge in [-0.1, -0.05) is 47.1 Å². The summed E-state index contributed by atoms with van der Waals surface area (Å²) in [5.74, 6) is 0.399. The Morgan fingerprint density at radius 2 is 1.71 bits per heavy atom. The summed E-state index contributed by atoms with van der Waals surface area (Å²) < 4.78 is 18.3. The smallest absolute Gasteiger partial charge is 0.192 e. The average molecular weight is 415 g/mol. The lowest BCUT2D eigenvalue weighted by Gasteiger charge is -2.35. The van der Waals surface area contributed by atoms with Crippen molar-refractivity contribution < 1.29 is 18.7 Å². The lowest BCUT2D eigenvalue weighted by atomic mass is 9.98. The number of hydrogen-bond acceptors (Lipinski definition) is 4. The minimum Gasteiger partial charge on any atom is -0.410 e. The standard InChI is InChI=1S/C23H46O4Si/c1-8-13-16-26-19-21(9-2)17-20(6)23(18-22(25-7)14-15-24)27-28(10-3,11-4)12-5/h15,17,21-23H,8-14,16,18-19H2,1-7H3/b20-17-/t21-,22+,23+/m1/s1. The average Bonchev–Trinajstić information content (AvgIpc) is 2.72. The van der Waals surface area contributed by atoms with Gasteiger partial charge in [0.1, 0.15) is 6.29 Å². The molecule has 0 spiro atoms. The van der Waals surface area contributed by atoms with Gasteiger partial charge in [0.25, 0.3) is 0 Å². The highest BCUT2D eigenvalue weighted by Crippen LogP contribution is 2.29. The predicted molar refractivity (Wildman–Crippen MR) is 121 cm³/mol. The van der Waals surface area contributed by atoms with E-state index < -0.39 is 8.32 Å². The molecule has 0 saturated heterocycles. The molecule has 0 radical (unpaired) electrons. The van der Waals surface area contributed by atoms with E-state index in [1.165, 1.54) is 5.57 Å². The van der Waals surface area contributed by atoms with Crippen LogP contribution < -0.4 is 0 Å². The molecule has 0 aromatic heterocycles. The van der Waals surface area contributed by atoms with Crippen LogP contribution in [0, 0.1) is 5.92 Å². The molecule has 0 amide bonds. The molecule has 0 saturated carbocycles. The number of methoxy groups -OCH3 is 1. The Hall–Kier alpha value is -0.493. The van der Waals surface area contributed by atoms with E-state index in [0.717, 1.165) is 63.3 Å². The van der Waals surface area contributed by atoms with Gasteiger partial charge in [0.2, 0.25) is 0 Å². The number of carbonyl (C=O) groups excluding carboxylic acids is 1. The molecule has 0 heterocycles. The molecule has 0 unspecified atom stereocenters. The van der Waals surface area contributed by atoms with E-state index in [-0.39, 0.29) is 12.2 Å². The molecule has 28 heavy (non-hydrogen) atoms. The Labute approximate surface area is 175 Å². The molecule has 0 bridgehead atoms. The van der Waals surface area contributed by atoms with E-state index in [2.05, 4.69) is 47.6 Å². The van der Waals surface area contributed by atoms with Gasteiger partial charge in [0.15, 0.2) is 8.32 Å². The van der Waals surface area contributed by atoms with E-state index in [1.807, 2.05) is 0 Å². The second-order valence-corrected chi connectivity index (χ2v) is 12.6. The molecule has 0 fully saturated rings. The third-order valence-electron chi connectivity index (χ3n) is 6.00. The molecule has 0 aromatic rings. The predicted octanol–water partition coefficient (Wildman–Crippen LogP) is 6.16. The first-order chi connectivity index (χ1) is 13.4. The quantitative estimate of drug-likeness (QED) is 0.117. The van der Waals surface area contributed by atoms with Gasteiger partial charge in [-0.25, -0.2) is 0 Å². The topological polar surface area (TPSA) is 44.8 Å². The highest BCUT2D eigenvalue weighted by atomic mass is 28.4. The van der Waals surface area contributed by atoms with Gasteiger partial charge in [0.05, 0.1) is 18.8 Å². The Morgan fingerprint density at radius 1 is 1.07 bits per heavy atom. The zero-order valence-electron chi connectivity index (χ0n) is 19.6. The van der Waals surface area contributed by atoms with Gasteiger partial charge in [0, 0.05) is 32.5 Å². The van der Waals surface area contributed by atoms with Crippen LogP contribution in [0.3, 0.4) is 0 Å². The van der Waals surface area contributed by atoms with Crippen molar-refractivity contribution in [3.63, 3.8) is 0 Å². The summed E-state index contributed by atoms with van der Waals surface area (Å²) in [6.07, 6.45) is 7.69. The largest absolute Gasteiger partial charge is 0.410 e. The van der Waals surface area contributed by atoms with Crippen molar-refractivity contribution >= 4 is 14.6 Å². The SMILES string of the molecule is CCCCOC[C@@H](/C=C(/C)[C@H](C[C@H](CC=O)OC)O[Si](CC)(CC)CC)CC. The van der Waals surface area contributed by atoms with Gasteiger partial charge in [-0.05, 0) is 43.5 Å². The van der Waals surface area contributed by atoms with E-state index in [1.54, 1.807) is 7.11 Å². The van der Waals surface area contributed by atoms with Crippen molar-refractivity contribution in [1.82, 2.24) is 0 Å². The molecule has 0 aliphatic carbocycles. The number of unbranched alkanes of at least 4 members (excludes halogenated alkanes) is 1. The fourth-order valence-corrected chi connectivity index (χ4v) is 6.39. The Morgan fingerprint density at radius 3 is 2.18 bits per heavy atom. The second kappa shape index (κ2) is 16.3. The summed E-state index contributed by atoms with van der Waals surface area (Å²) in [7, 11) is -0.0738. The number of hydrogen-bond donors (Lipinski definition) is 0. The first-order valence-corrected chi connectivity index (χ1v) is 13.9. The van der Waals surface area contributed by atoms with E-state index in [9.17, 15) is 4.79 Å². The van der Waals surface area contributed by atoms with Crippen molar-refractivity contribution in [1.29, 1.82) is 0 Å². The molecule has 0 aliphatic heterocycles. The summed E-state index contributed by atoms with van der Waals surface area (Å²) in [5.41, 5.74) is 1.26. The molecule has 0 N–H and O–H groups in total. The zero-order chi connectivity index (χ0) is 21.4. The van der Waals surface area contributed by atoms with Gasteiger partial charge in [-0.2, -0.15) is 0 Å². The molecule has 3 atom stereocenters. The maximum Gasteiger partial charge on any atom is 0.192 e. The fraction of sp³-hybridized carbons (Fsp3) is 0.870. The maximum atomic E-state index is 11.0. The van der Waals surface area contributed by atoms with Crippen LogP contribution in [0.15, 0.2) is 11.6 Å².